The third-order valence-electron chi connectivity index (χ3n) is 3.93. The van der Waals surface area contributed by atoms with Crippen LogP contribution in [-0.2, 0) is 11.3 Å². The van der Waals surface area contributed by atoms with Crippen LogP contribution in [0.3, 0.4) is 0 Å². The molecule has 0 spiro atoms. The fraction of sp³-hybridized carbons (Fsp3) is 0.263. The molecule has 1 heterocycles. The molecule has 0 aromatic heterocycles. The van der Waals surface area contributed by atoms with Crippen molar-refractivity contribution >= 4 is 12.0 Å². The van der Waals surface area contributed by atoms with Gasteiger partial charge in [0.1, 0.15) is 0 Å². The molecule has 1 N–H and O–H groups in total. The summed E-state index contributed by atoms with van der Waals surface area (Å²) in [5.41, 5.74) is 3.48. The van der Waals surface area contributed by atoms with E-state index in [9.17, 15) is 4.79 Å². The lowest BCUT2D eigenvalue weighted by atomic mass is 10.0. The summed E-state index contributed by atoms with van der Waals surface area (Å²) in [6.07, 6.45) is 2.04. The van der Waals surface area contributed by atoms with Crippen molar-refractivity contribution in [1.29, 1.82) is 0 Å². The molecule has 3 nitrogen and oxygen atoms in total. The van der Waals surface area contributed by atoms with Crippen molar-refractivity contribution in [3.8, 4) is 0 Å². The van der Waals surface area contributed by atoms with E-state index in [1.165, 1.54) is 11.1 Å². The lowest BCUT2D eigenvalue weighted by Crippen LogP contribution is -2.39. The Bertz CT molecular complexity index is 809. The molecule has 1 aliphatic heterocycles. The summed E-state index contributed by atoms with van der Waals surface area (Å²) >= 11 is 0. The Morgan fingerprint density at radius 1 is 1.14 bits per heavy atom. The largest absolute Gasteiger partial charge is 0.312 e. The summed E-state index contributed by atoms with van der Waals surface area (Å²) in [5.74, 6) is -0.238. The van der Waals surface area contributed by atoms with Gasteiger partial charge in [0.15, 0.2) is 0 Å². The molecule has 3 rings (SSSR count). The minimum atomic E-state index is -0.183. The first-order valence-electron chi connectivity index (χ1n) is 7.60. The Kier molecular flexibility index (Phi) is 4.16. The monoisotopic (exact) mass is 292 g/mol. The van der Waals surface area contributed by atoms with Crippen LogP contribution >= 0.6 is 0 Å². The molecule has 1 unspecified atom stereocenters. The van der Waals surface area contributed by atoms with Crippen LogP contribution in [0.4, 0.5) is 0 Å². The van der Waals surface area contributed by atoms with Gasteiger partial charge in [0.2, 0.25) is 0 Å². The quantitative estimate of drug-likeness (QED) is 0.931. The Morgan fingerprint density at radius 3 is 2.68 bits per heavy atom. The first kappa shape index (κ1) is 14.7. The van der Waals surface area contributed by atoms with Crippen molar-refractivity contribution in [2.45, 2.75) is 20.4 Å². The van der Waals surface area contributed by atoms with E-state index in [0.29, 0.717) is 6.54 Å². The van der Waals surface area contributed by atoms with Crippen molar-refractivity contribution in [2.75, 3.05) is 6.54 Å². The molecular formula is C19H20N2O. The van der Waals surface area contributed by atoms with Gasteiger partial charge in [0.05, 0.1) is 11.3 Å². The number of nitrogens with zero attached hydrogens (tertiary/aromatic N) is 1. The Morgan fingerprint density at radius 2 is 1.91 bits per heavy atom. The molecule has 0 bridgehead atoms. The minimum absolute atomic E-state index is 0.0555. The first-order chi connectivity index (χ1) is 10.6. The molecular weight excluding hydrogens is 272 g/mol. The SMILES string of the molecule is Cc1cc(C)c2c(c1)=CC(CNCc1ccccc1)C(=O)N=2. The second kappa shape index (κ2) is 6.24. The lowest BCUT2D eigenvalue weighted by Gasteiger charge is -2.14. The van der Waals surface area contributed by atoms with Crippen LogP contribution in [0.5, 0.6) is 0 Å². The van der Waals surface area contributed by atoms with Crippen LogP contribution in [0.15, 0.2) is 47.5 Å². The van der Waals surface area contributed by atoms with Crippen LogP contribution in [0, 0.1) is 19.8 Å². The normalized spacial score (nSPS) is 16.6. The van der Waals surface area contributed by atoms with Crippen molar-refractivity contribution in [3.63, 3.8) is 0 Å². The van der Waals surface area contributed by atoms with Crippen LogP contribution in [0.2, 0.25) is 0 Å². The molecule has 3 heteroatoms. The maximum atomic E-state index is 12.2. The van der Waals surface area contributed by atoms with E-state index in [1.54, 1.807) is 0 Å². The maximum absolute atomic E-state index is 12.2. The number of hydrogen-bond donors (Lipinski definition) is 1. The molecule has 0 radical (unpaired) electrons. The number of fused-ring (bicyclic) bond motifs is 1. The molecule has 0 aliphatic carbocycles. The van der Waals surface area contributed by atoms with E-state index in [2.05, 4.69) is 41.5 Å². The van der Waals surface area contributed by atoms with Gasteiger partial charge in [-0.2, -0.15) is 0 Å². The third-order valence-corrected chi connectivity index (χ3v) is 3.93. The number of benzene rings is 2. The predicted octanol–water partition coefficient (Wildman–Crippen LogP) is 1.65. The van der Waals surface area contributed by atoms with Crippen molar-refractivity contribution in [3.05, 3.63) is 69.7 Å². The number of amides is 1. The minimum Gasteiger partial charge on any atom is -0.312 e. The topological polar surface area (TPSA) is 41.5 Å². The van der Waals surface area contributed by atoms with Crippen molar-refractivity contribution in [2.24, 2.45) is 10.9 Å². The Labute approximate surface area is 130 Å². The molecule has 0 saturated carbocycles. The zero-order valence-electron chi connectivity index (χ0n) is 13.0. The third kappa shape index (κ3) is 3.15. The number of rotatable bonds is 4. The van der Waals surface area contributed by atoms with E-state index in [0.717, 1.165) is 22.7 Å². The van der Waals surface area contributed by atoms with Gasteiger partial charge in [0.25, 0.3) is 5.91 Å². The smallest absolute Gasteiger partial charge is 0.254 e. The van der Waals surface area contributed by atoms with Gasteiger partial charge in [-0.3, -0.25) is 4.79 Å². The molecule has 112 valence electrons. The van der Waals surface area contributed by atoms with Crippen LogP contribution in [0.1, 0.15) is 16.7 Å². The lowest BCUT2D eigenvalue weighted by molar-refractivity contribution is -0.120. The first-order valence-corrected chi connectivity index (χ1v) is 7.60. The summed E-state index contributed by atoms with van der Waals surface area (Å²) in [5, 5.41) is 5.25. The molecule has 2 aromatic rings. The van der Waals surface area contributed by atoms with E-state index in [-0.39, 0.29) is 11.8 Å². The van der Waals surface area contributed by atoms with Gasteiger partial charge in [-0.15, -0.1) is 0 Å². The molecule has 2 aromatic carbocycles. The van der Waals surface area contributed by atoms with Gasteiger partial charge in [-0.05, 0) is 30.2 Å². The highest BCUT2D eigenvalue weighted by Gasteiger charge is 2.18. The standard InChI is InChI=1S/C19H20N2O/c1-13-8-14(2)18-16(9-13)10-17(19(22)21-18)12-20-11-15-6-4-3-5-7-15/h3-10,17,20H,11-12H2,1-2H3. The predicted molar refractivity (Wildman–Crippen MR) is 87.8 cm³/mol. The van der Waals surface area contributed by atoms with Gasteiger partial charge in [-0.25, -0.2) is 4.99 Å². The summed E-state index contributed by atoms with van der Waals surface area (Å²) in [6, 6.07) is 14.4. The van der Waals surface area contributed by atoms with Crippen LogP contribution in [-0.4, -0.2) is 12.5 Å². The average molecular weight is 292 g/mol. The molecule has 1 aliphatic rings. The Balaban J connectivity index is 1.75. The van der Waals surface area contributed by atoms with Crippen LogP contribution < -0.4 is 15.9 Å². The van der Waals surface area contributed by atoms with Crippen molar-refractivity contribution in [1.82, 2.24) is 5.32 Å². The number of carbonyl (C=O) groups excluding carboxylic acids is 1. The van der Waals surface area contributed by atoms with Crippen molar-refractivity contribution < 1.29 is 4.79 Å². The number of nitrogens with one attached hydrogen (secondary N) is 1. The second-order valence-electron chi connectivity index (χ2n) is 5.86. The molecule has 0 saturated heterocycles. The summed E-state index contributed by atoms with van der Waals surface area (Å²) in [7, 11) is 0. The van der Waals surface area contributed by atoms with E-state index >= 15 is 0 Å². The molecule has 22 heavy (non-hydrogen) atoms. The van der Waals surface area contributed by atoms with Crippen LogP contribution in [0.25, 0.3) is 6.08 Å². The fourth-order valence-corrected chi connectivity index (χ4v) is 2.87. The van der Waals surface area contributed by atoms with E-state index in [1.807, 2.05) is 31.2 Å². The highest BCUT2D eigenvalue weighted by Crippen LogP contribution is 2.06. The van der Waals surface area contributed by atoms with Gasteiger partial charge >= 0.3 is 0 Å². The maximum Gasteiger partial charge on any atom is 0.254 e. The molecule has 1 amide bonds. The fourth-order valence-electron chi connectivity index (χ4n) is 2.87. The van der Waals surface area contributed by atoms with E-state index in [4.69, 9.17) is 0 Å². The highest BCUT2D eigenvalue weighted by molar-refractivity contribution is 5.86. The zero-order valence-corrected chi connectivity index (χ0v) is 13.0. The summed E-state index contributed by atoms with van der Waals surface area (Å²) in [6.45, 7) is 5.45. The highest BCUT2D eigenvalue weighted by atomic mass is 16.1. The van der Waals surface area contributed by atoms with E-state index < -0.39 is 0 Å². The zero-order chi connectivity index (χ0) is 15.5. The van der Waals surface area contributed by atoms with Gasteiger partial charge in [0, 0.05) is 13.1 Å². The summed E-state index contributed by atoms with van der Waals surface area (Å²) in [4.78, 5) is 16.5. The van der Waals surface area contributed by atoms with Gasteiger partial charge < -0.3 is 5.32 Å². The molecule has 0 fully saturated rings. The second-order valence-corrected chi connectivity index (χ2v) is 5.86. The Hall–Kier alpha value is -2.26. The number of carbonyl (C=O) groups is 1. The van der Waals surface area contributed by atoms with Gasteiger partial charge in [-0.1, -0.05) is 54.1 Å². The number of hydrogen-bond acceptors (Lipinski definition) is 2. The molecule has 1 atom stereocenters. The average Bonchev–Trinajstić information content (AvgIpc) is 2.50. The summed E-state index contributed by atoms with van der Waals surface area (Å²) < 4.78 is 0. The number of aryl methyl sites for hydroxylation is 2.